The van der Waals surface area contributed by atoms with Crippen LogP contribution < -0.4 is 10.6 Å². The van der Waals surface area contributed by atoms with Crippen molar-refractivity contribution in [2.45, 2.75) is 38.8 Å². The summed E-state index contributed by atoms with van der Waals surface area (Å²) < 4.78 is 5.28. The fourth-order valence-electron chi connectivity index (χ4n) is 4.28. The van der Waals surface area contributed by atoms with Crippen LogP contribution in [0.2, 0.25) is 0 Å². The molecule has 0 saturated carbocycles. The summed E-state index contributed by atoms with van der Waals surface area (Å²) in [5.74, 6) is -0.568. The molecule has 1 aliphatic rings. The largest absolute Gasteiger partial charge is 0.444 e. The van der Waals surface area contributed by atoms with Gasteiger partial charge < -0.3 is 15.0 Å². The van der Waals surface area contributed by atoms with Crippen molar-refractivity contribution in [1.82, 2.24) is 14.9 Å². The molecule has 1 saturated heterocycles. The second-order valence-electron chi connectivity index (χ2n) is 10.4. The zero-order valence-electron chi connectivity index (χ0n) is 22.4. The van der Waals surface area contributed by atoms with Crippen LogP contribution in [0.5, 0.6) is 0 Å². The molecule has 3 amide bonds. The highest BCUT2D eigenvalue weighted by atomic mass is 32.1. The van der Waals surface area contributed by atoms with Crippen molar-refractivity contribution in [3.05, 3.63) is 84.0 Å². The fourth-order valence-corrected chi connectivity index (χ4v) is 5.00. The predicted molar refractivity (Wildman–Crippen MR) is 155 cm³/mol. The molecule has 204 valence electrons. The van der Waals surface area contributed by atoms with Crippen LogP contribution in [0.4, 0.5) is 15.6 Å². The lowest BCUT2D eigenvalue weighted by molar-refractivity contribution is -0.123. The lowest BCUT2D eigenvalue weighted by atomic mass is 10.00. The minimum absolute atomic E-state index is 0.283. The fraction of sp³-hybridized carbons (Fsp3) is 0.233. The summed E-state index contributed by atoms with van der Waals surface area (Å²) in [5, 5.41) is 7.88. The Balaban J connectivity index is 1.22. The average Bonchev–Trinajstić information content (AvgIpc) is 3.36. The van der Waals surface area contributed by atoms with E-state index >= 15 is 0 Å². The van der Waals surface area contributed by atoms with Gasteiger partial charge in [-0.15, -0.1) is 11.3 Å². The Morgan fingerprint density at radius 2 is 1.70 bits per heavy atom. The summed E-state index contributed by atoms with van der Waals surface area (Å²) in [7, 11) is 0. The summed E-state index contributed by atoms with van der Waals surface area (Å²) >= 11 is 1.34. The van der Waals surface area contributed by atoms with Gasteiger partial charge in [-0.3, -0.25) is 19.9 Å². The Kier molecular flexibility index (Phi) is 7.61. The number of likely N-dealkylation sites (tertiary alicyclic amines) is 1. The number of nitrogens with one attached hydrogen (secondary N) is 2. The first-order valence-corrected chi connectivity index (χ1v) is 13.7. The van der Waals surface area contributed by atoms with Gasteiger partial charge in [0.2, 0.25) is 5.91 Å². The summed E-state index contributed by atoms with van der Waals surface area (Å²) in [6, 6.07) is 17.9. The number of amides is 3. The maximum atomic E-state index is 13.2. The number of hydrogen-bond acceptors (Lipinski definition) is 7. The molecule has 0 bridgehead atoms. The van der Waals surface area contributed by atoms with Gasteiger partial charge in [0, 0.05) is 41.1 Å². The Bertz CT molecular complexity index is 1550. The van der Waals surface area contributed by atoms with Gasteiger partial charge in [-0.2, -0.15) is 0 Å². The minimum atomic E-state index is -0.641. The molecule has 1 unspecified atom stereocenters. The van der Waals surface area contributed by atoms with Gasteiger partial charge in [-0.1, -0.05) is 24.3 Å². The number of carbonyl (C=O) groups excluding carboxylic acids is 3. The van der Waals surface area contributed by atoms with E-state index in [1.807, 2.05) is 41.8 Å². The lowest BCUT2D eigenvalue weighted by Crippen LogP contribution is -2.56. The molecule has 1 atom stereocenters. The SMILES string of the molecule is CC(C)(C)OC(=O)Nc1cccc(C(=O)N2CCC2C(=O)Nc2nc(-c3cccc(-c4ccncc4)c3)cs2)c1. The predicted octanol–water partition coefficient (Wildman–Crippen LogP) is 6.07. The second-order valence-corrected chi connectivity index (χ2v) is 11.2. The first-order chi connectivity index (χ1) is 19.2. The van der Waals surface area contributed by atoms with Crippen molar-refractivity contribution in [1.29, 1.82) is 0 Å². The van der Waals surface area contributed by atoms with E-state index in [2.05, 4.69) is 20.6 Å². The first-order valence-electron chi connectivity index (χ1n) is 12.8. The monoisotopic (exact) mass is 555 g/mol. The molecule has 0 aliphatic carbocycles. The number of ether oxygens (including phenoxy) is 1. The highest BCUT2D eigenvalue weighted by Gasteiger charge is 2.38. The molecule has 1 aliphatic heterocycles. The van der Waals surface area contributed by atoms with Crippen LogP contribution >= 0.6 is 11.3 Å². The number of carbonyl (C=O) groups is 3. The molecular weight excluding hydrogens is 526 g/mol. The molecule has 0 radical (unpaired) electrons. The molecular formula is C30H29N5O4S. The normalized spacial score (nSPS) is 14.7. The molecule has 10 heteroatoms. The van der Waals surface area contributed by atoms with E-state index in [0.29, 0.717) is 29.3 Å². The van der Waals surface area contributed by atoms with Gasteiger partial charge in [0.15, 0.2) is 5.13 Å². The van der Waals surface area contributed by atoms with Gasteiger partial charge in [-0.25, -0.2) is 9.78 Å². The number of anilines is 2. The number of thiazole rings is 1. The maximum absolute atomic E-state index is 13.2. The minimum Gasteiger partial charge on any atom is -0.444 e. The van der Waals surface area contributed by atoms with Gasteiger partial charge in [0.1, 0.15) is 11.6 Å². The van der Waals surface area contributed by atoms with E-state index in [9.17, 15) is 14.4 Å². The smallest absolute Gasteiger partial charge is 0.412 e. The van der Waals surface area contributed by atoms with Crippen LogP contribution in [0.1, 0.15) is 37.6 Å². The number of hydrogen-bond donors (Lipinski definition) is 2. The van der Waals surface area contributed by atoms with E-state index in [4.69, 9.17) is 4.74 Å². The maximum Gasteiger partial charge on any atom is 0.412 e. The van der Waals surface area contributed by atoms with Gasteiger partial charge in [-0.05, 0) is 74.7 Å². The molecule has 0 spiro atoms. The van der Waals surface area contributed by atoms with E-state index in [1.165, 1.54) is 16.2 Å². The van der Waals surface area contributed by atoms with Gasteiger partial charge in [0.25, 0.3) is 5.91 Å². The topological polar surface area (TPSA) is 114 Å². The molecule has 9 nitrogen and oxygen atoms in total. The average molecular weight is 556 g/mol. The van der Waals surface area contributed by atoms with Crippen LogP contribution in [-0.2, 0) is 9.53 Å². The van der Waals surface area contributed by atoms with E-state index in [0.717, 1.165) is 22.4 Å². The lowest BCUT2D eigenvalue weighted by Gasteiger charge is -2.39. The Morgan fingerprint density at radius 3 is 2.42 bits per heavy atom. The van der Waals surface area contributed by atoms with E-state index in [1.54, 1.807) is 57.4 Å². The highest BCUT2D eigenvalue weighted by molar-refractivity contribution is 7.14. The van der Waals surface area contributed by atoms with Crippen LogP contribution in [0.3, 0.4) is 0 Å². The second kappa shape index (κ2) is 11.3. The summed E-state index contributed by atoms with van der Waals surface area (Å²) in [4.78, 5) is 48.5. The van der Waals surface area contributed by atoms with E-state index < -0.39 is 17.7 Å². The van der Waals surface area contributed by atoms with E-state index in [-0.39, 0.29) is 11.8 Å². The van der Waals surface area contributed by atoms with Crippen molar-refractivity contribution in [2.24, 2.45) is 0 Å². The van der Waals surface area contributed by atoms with Crippen molar-refractivity contribution in [3.8, 4) is 22.4 Å². The molecule has 40 heavy (non-hydrogen) atoms. The first kappa shape index (κ1) is 27.0. The third kappa shape index (κ3) is 6.35. The molecule has 4 aromatic rings. The number of benzene rings is 2. The summed E-state index contributed by atoms with van der Waals surface area (Å²) in [6.07, 6.45) is 3.46. The molecule has 2 aromatic carbocycles. The number of pyridine rings is 1. The summed E-state index contributed by atoms with van der Waals surface area (Å²) in [6.45, 7) is 5.78. The van der Waals surface area contributed by atoms with Gasteiger partial charge in [0.05, 0.1) is 5.69 Å². The standard InChI is InChI=1S/C30H29N5O4S/c1-30(2,3)39-29(38)32-23-9-5-8-22(17-23)27(37)35-15-12-25(35)26(36)34-28-33-24(18-40-28)21-7-4-6-20(16-21)19-10-13-31-14-11-19/h4-11,13-14,16-18,25H,12,15H2,1-3H3,(H,32,38)(H,33,34,36). The van der Waals surface area contributed by atoms with Crippen molar-refractivity contribution >= 4 is 40.1 Å². The van der Waals surface area contributed by atoms with Crippen molar-refractivity contribution < 1.29 is 19.1 Å². The Hall–Kier alpha value is -4.57. The van der Waals surface area contributed by atoms with Crippen molar-refractivity contribution in [3.63, 3.8) is 0 Å². The zero-order chi connectivity index (χ0) is 28.3. The summed E-state index contributed by atoms with van der Waals surface area (Å²) in [5.41, 5.74) is 3.96. The third-order valence-corrected chi connectivity index (χ3v) is 7.00. The van der Waals surface area contributed by atoms with Crippen LogP contribution in [0, 0.1) is 0 Å². The Morgan fingerprint density at radius 1 is 0.950 bits per heavy atom. The van der Waals surface area contributed by atoms with Crippen LogP contribution in [0.25, 0.3) is 22.4 Å². The highest BCUT2D eigenvalue weighted by Crippen LogP contribution is 2.30. The molecule has 3 heterocycles. The van der Waals surface area contributed by atoms with Crippen LogP contribution in [-0.4, -0.2) is 51.0 Å². The Labute approximate surface area is 236 Å². The molecule has 2 aromatic heterocycles. The van der Waals surface area contributed by atoms with Gasteiger partial charge >= 0.3 is 6.09 Å². The molecule has 1 fully saturated rings. The zero-order valence-corrected chi connectivity index (χ0v) is 23.2. The third-order valence-electron chi connectivity index (χ3n) is 6.24. The number of rotatable bonds is 6. The number of nitrogens with zero attached hydrogens (tertiary/aromatic N) is 3. The molecule has 2 N–H and O–H groups in total. The molecule has 5 rings (SSSR count). The quantitative estimate of drug-likeness (QED) is 0.298. The van der Waals surface area contributed by atoms with Crippen LogP contribution in [0.15, 0.2) is 78.4 Å². The van der Waals surface area contributed by atoms with Crippen molar-refractivity contribution in [2.75, 3.05) is 17.2 Å². The number of aromatic nitrogens is 2.